The molecule has 0 atom stereocenters. The maximum Gasteiger partial charge on any atom is 0.169 e. The Bertz CT molecular complexity index is 424. The molecule has 0 N–H and O–H groups in total. The SMILES string of the molecule is CCc1nn(C)c(CC(=O)C(C)(C)OC)c1Cl. The number of hydrogen-bond donors (Lipinski definition) is 0. The Hall–Kier alpha value is -0.870. The van der Waals surface area contributed by atoms with E-state index < -0.39 is 5.60 Å². The van der Waals surface area contributed by atoms with Gasteiger partial charge in [0, 0.05) is 14.2 Å². The molecule has 1 rings (SSSR count). The van der Waals surface area contributed by atoms with Gasteiger partial charge in [-0.3, -0.25) is 9.48 Å². The molecule has 0 aliphatic carbocycles. The lowest BCUT2D eigenvalue weighted by atomic mass is 9.99. The van der Waals surface area contributed by atoms with E-state index in [-0.39, 0.29) is 12.2 Å². The quantitative estimate of drug-likeness (QED) is 0.813. The Kier molecular flexibility index (Phi) is 4.33. The van der Waals surface area contributed by atoms with Crippen LogP contribution in [-0.2, 0) is 29.4 Å². The minimum atomic E-state index is -0.792. The van der Waals surface area contributed by atoms with Crippen LogP contribution >= 0.6 is 11.6 Å². The third-order valence-corrected chi connectivity index (χ3v) is 3.45. The first-order valence-electron chi connectivity index (χ1n) is 5.62. The first kappa shape index (κ1) is 14.2. The van der Waals surface area contributed by atoms with Crippen LogP contribution in [0.4, 0.5) is 0 Å². The monoisotopic (exact) mass is 258 g/mol. The Balaban J connectivity index is 2.97. The molecule has 0 fully saturated rings. The zero-order valence-electron chi connectivity index (χ0n) is 11.0. The van der Waals surface area contributed by atoms with E-state index in [9.17, 15) is 4.79 Å². The van der Waals surface area contributed by atoms with Crippen molar-refractivity contribution in [3.8, 4) is 0 Å². The summed E-state index contributed by atoms with van der Waals surface area (Å²) >= 11 is 6.19. The number of hydrogen-bond acceptors (Lipinski definition) is 3. The summed E-state index contributed by atoms with van der Waals surface area (Å²) < 4.78 is 6.83. The van der Waals surface area contributed by atoms with Gasteiger partial charge in [-0.05, 0) is 20.3 Å². The molecule has 4 nitrogen and oxygen atoms in total. The van der Waals surface area contributed by atoms with Crippen molar-refractivity contribution in [1.82, 2.24) is 9.78 Å². The summed E-state index contributed by atoms with van der Waals surface area (Å²) in [7, 11) is 3.33. The molecule has 0 bridgehead atoms. The van der Waals surface area contributed by atoms with Crippen LogP contribution in [0.15, 0.2) is 0 Å². The summed E-state index contributed by atoms with van der Waals surface area (Å²) in [5.41, 5.74) is 0.783. The van der Waals surface area contributed by atoms with E-state index in [2.05, 4.69) is 5.10 Å². The molecular weight excluding hydrogens is 240 g/mol. The van der Waals surface area contributed by atoms with E-state index in [1.54, 1.807) is 25.6 Å². The molecule has 0 aliphatic heterocycles. The fraction of sp³-hybridized carbons (Fsp3) is 0.667. The van der Waals surface area contributed by atoms with Gasteiger partial charge in [-0.2, -0.15) is 5.10 Å². The molecule has 5 heteroatoms. The van der Waals surface area contributed by atoms with Gasteiger partial charge in [0.05, 0.1) is 22.8 Å². The highest BCUT2D eigenvalue weighted by atomic mass is 35.5. The molecule has 96 valence electrons. The van der Waals surface area contributed by atoms with Crippen molar-refractivity contribution < 1.29 is 9.53 Å². The zero-order valence-corrected chi connectivity index (χ0v) is 11.8. The lowest BCUT2D eigenvalue weighted by molar-refractivity contribution is -0.136. The van der Waals surface area contributed by atoms with E-state index in [1.165, 1.54) is 7.11 Å². The number of methoxy groups -OCH3 is 1. The number of nitrogens with zero attached hydrogens (tertiary/aromatic N) is 2. The van der Waals surface area contributed by atoms with Gasteiger partial charge in [-0.25, -0.2) is 0 Å². The second kappa shape index (κ2) is 5.19. The highest BCUT2D eigenvalue weighted by Crippen LogP contribution is 2.23. The second-order valence-corrected chi connectivity index (χ2v) is 4.88. The number of carbonyl (C=O) groups excluding carboxylic acids is 1. The van der Waals surface area contributed by atoms with Crippen LogP contribution in [0.1, 0.15) is 32.2 Å². The maximum absolute atomic E-state index is 12.0. The number of ketones is 1. The smallest absolute Gasteiger partial charge is 0.169 e. The van der Waals surface area contributed by atoms with E-state index in [0.29, 0.717) is 5.02 Å². The summed E-state index contributed by atoms with van der Waals surface area (Å²) in [5.74, 6) is -0.00690. The number of halogens is 1. The average molecular weight is 259 g/mol. The van der Waals surface area contributed by atoms with Crippen LogP contribution < -0.4 is 0 Å². The predicted molar refractivity (Wildman–Crippen MR) is 67.4 cm³/mol. The molecule has 0 saturated carbocycles. The van der Waals surface area contributed by atoms with Gasteiger partial charge in [0.2, 0.25) is 0 Å². The van der Waals surface area contributed by atoms with Crippen molar-refractivity contribution in [1.29, 1.82) is 0 Å². The number of ether oxygens (including phenoxy) is 1. The molecule has 0 radical (unpaired) electrons. The topological polar surface area (TPSA) is 44.1 Å². The van der Waals surface area contributed by atoms with Gasteiger partial charge in [0.1, 0.15) is 5.60 Å². The molecule has 0 aliphatic rings. The molecule has 0 spiro atoms. The third-order valence-electron chi connectivity index (χ3n) is 3.01. The normalized spacial score (nSPS) is 11.9. The van der Waals surface area contributed by atoms with Crippen LogP contribution in [0.25, 0.3) is 0 Å². The first-order chi connectivity index (χ1) is 7.83. The maximum atomic E-state index is 12.0. The van der Waals surface area contributed by atoms with Crippen LogP contribution in [0.5, 0.6) is 0 Å². The summed E-state index contributed by atoms with van der Waals surface area (Å²) in [6.45, 7) is 5.49. The zero-order chi connectivity index (χ0) is 13.2. The van der Waals surface area contributed by atoms with Crippen molar-refractivity contribution in [2.75, 3.05) is 7.11 Å². The summed E-state index contributed by atoms with van der Waals surface area (Å²) in [4.78, 5) is 12.0. The molecule has 1 aromatic rings. The molecule has 0 unspecified atom stereocenters. The van der Waals surface area contributed by atoms with Crippen LogP contribution in [0, 0.1) is 0 Å². The van der Waals surface area contributed by atoms with Crippen molar-refractivity contribution >= 4 is 17.4 Å². The lowest BCUT2D eigenvalue weighted by Crippen LogP contribution is -2.35. The minimum Gasteiger partial charge on any atom is -0.371 e. The first-order valence-corrected chi connectivity index (χ1v) is 6.00. The Morgan fingerprint density at radius 3 is 2.53 bits per heavy atom. The predicted octanol–water partition coefficient (Wildman–Crippen LogP) is 2.17. The van der Waals surface area contributed by atoms with Gasteiger partial charge in [-0.1, -0.05) is 18.5 Å². The fourth-order valence-corrected chi connectivity index (χ4v) is 1.85. The second-order valence-electron chi connectivity index (χ2n) is 4.50. The molecule has 0 saturated heterocycles. The van der Waals surface area contributed by atoms with Crippen molar-refractivity contribution in [2.45, 2.75) is 39.2 Å². The van der Waals surface area contributed by atoms with Crippen LogP contribution in [0.3, 0.4) is 0 Å². The van der Waals surface area contributed by atoms with Crippen LogP contribution in [0.2, 0.25) is 5.02 Å². The number of rotatable bonds is 5. The Morgan fingerprint density at radius 1 is 1.53 bits per heavy atom. The Labute approximate surface area is 107 Å². The highest BCUT2D eigenvalue weighted by Gasteiger charge is 2.28. The average Bonchev–Trinajstić information content (AvgIpc) is 2.56. The van der Waals surface area contributed by atoms with Gasteiger partial charge in [-0.15, -0.1) is 0 Å². The van der Waals surface area contributed by atoms with E-state index >= 15 is 0 Å². The number of aromatic nitrogens is 2. The molecule has 17 heavy (non-hydrogen) atoms. The van der Waals surface area contributed by atoms with Crippen molar-refractivity contribution in [2.24, 2.45) is 7.05 Å². The van der Waals surface area contributed by atoms with Gasteiger partial charge in [0.15, 0.2) is 5.78 Å². The molecular formula is C12H19ClN2O2. The van der Waals surface area contributed by atoms with Crippen molar-refractivity contribution in [3.63, 3.8) is 0 Å². The number of aryl methyl sites for hydroxylation is 2. The summed E-state index contributed by atoms with van der Waals surface area (Å²) in [6.07, 6.45) is 0.998. The number of carbonyl (C=O) groups is 1. The van der Waals surface area contributed by atoms with Crippen molar-refractivity contribution in [3.05, 3.63) is 16.4 Å². The van der Waals surface area contributed by atoms with Gasteiger partial charge < -0.3 is 4.74 Å². The van der Waals surface area contributed by atoms with Crippen LogP contribution in [-0.4, -0.2) is 28.3 Å². The standard InChI is InChI=1S/C12H19ClN2O2/c1-6-8-11(13)9(15(4)14-8)7-10(16)12(2,3)17-5/h6-7H2,1-5H3. The Morgan fingerprint density at radius 2 is 2.12 bits per heavy atom. The van der Waals surface area contributed by atoms with Gasteiger partial charge >= 0.3 is 0 Å². The molecule has 0 amide bonds. The highest BCUT2D eigenvalue weighted by molar-refractivity contribution is 6.32. The van der Waals surface area contributed by atoms with E-state index in [4.69, 9.17) is 16.3 Å². The fourth-order valence-electron chi connectivity index (χ4n) is 1.49. The minimum absolute atomic E-state index is 0.00690. The van der Waals surface area contributed by atoms with Gasteiger partial charge in [0.25, 0.3) is 0 Å². The largest absolute Gasteiger partial charge is 0.371 e. The van der Waals surface area contributed by atoms with E-state index in [1.807, 2.05) is 6.92 Å². The lowest BCUT2D eigenvalue weighted by Gasteiger charge is -2.21. The van der Waals surface area contributed by atoms with E-state index in [0.717, 1.165) is 17.8 Å². The number of Topliss-reactive ketones (excluding diaryl/α,β-unsaturated/α-hetero) is 1. The molecule has 1 heterocycles. The third kappa shape index (κ3) is 2.87. The summed E-state index contributed by atoms with van der Waals surface area (Å²) in [5, 5.41) is 4.87. The summed E-state index contributed by atoms with van der Waals surface area (Å²) in [6, 6.07) is 0. The molecule has 0 aromatic carbocycles. The molecule has 1 aromatic heterocycles.